The van der Waals surface area contributed by atoms with Crippen LogP contribution in [0.15, 0.2) is 22.8 Å². The van der Waals surface area contributed by atoms with Crippen LogP contribution in [0.3, 0.4) is 0 Å². The van der Waals surface area contributed by atoms with E-state index in [9.17, 15) is 9.18 Å². The smallest absolute Gasteiger partial charge is 0.222 e. The highest BCUT2D eigenvalue weighted by Crippen LogP contribution is 2.15. The number of hydrogen-bond acceptors (Lipinski definition) is 5. The van der Waals surface area contributed by atoms with Crippen LogP contribution in [-0.2, 0) is 4.79 Å². The monoisotopic (exact) mass is 250 g/mol. The van der Waals surface area contributed by atoms with Gasteiger partial charge in [-0.1, -0.05) is 6.92 Å². The Bertz CT molecular complexity index is 523. The summed E-state index contributed by atoms with van der Waals surface area (Å²) in [7, 11) is 0. The highest BCUT2D eigenvalue weighted by atomic mass is 19.1. The molecule has 1 aromatic rings. The van der Waals surface area contributed by atoms with E-state index in [1.807, 2.05) is 6.92 Å². The van der Waals surface area contributed by atoms with Crippen LogP contribution in [0.1, 0.15) is 27.2 Å². The number of carbonyl (C=O) groups is 1. The maximum atomic E-state index is 13.4. The summed E-state index contributed by atoms with van der Waals surface area (Å²) in [6.07, 6.45) is 3.13. The molecule has 0 amide bonds. The van der Waals surface area contributed by atoms with E-state index in [1.54, 1.807) is 13.0 Å². The Labute approximate surface area is 105 Å². The zero-order valence-corrected chi connectivity index (χ0v) is 10.6. The van der Waals surface area contributed by atoms with Gasteiger partial charge in [0.25, 0.3) is 0 Å². The summed E-state index contributed by atoms with van der Waals surface area (Å²) in [5.74, 6) is -0.868. The van der Waals surface area contributed by atoms with E-state index in [1.165, 1.54) is 6.92 Å². The number of aliphatic imine (C=N–C) groups is 1. The summed E-state index contributed by atoms with van der Waals surface area (Å²) >= 11 is 0. The number of Topliss-reactive ketones (excluding diaryl/α,β-unsaturated/α-hetero) is 1. The van der Waals surface area contributed by atoms with Crippen LogP contribution in [-0.4, -0.2) is 21.5 Å². The lowest BCUT2D eigenvalue weighted by atomic mass is 10.1. The van der Waals surface area contributed by atoms with Crippen molar-refractivity contribution in [1.29, 1.82) is 0 Å². The SMILES string of the molecule is CCC(/C=C(\C)C(C)=O)=Nc1nc(N)ncc1F. The summed E-state index contributed by atoms with van der Waals surface area (Å²) in [5, 5.41) is 0. The third-order valence-electron chi connectivity index (χ3n) is 2.29. The molecule has 5 nitrogen and oxygen atoms in total. The Morgan fingerprint density at radius 3 is 2.78 bits per heavy atom. The number of nitrogens with zero attached hydrogens (tertiary/aromatic N) is 3. The molecule has 96 valence electrons. The fourth-order valence-electron chi connectivity index (χ4n) is 1.15. The van der Waals surface area contributed by atoms with Gasteiger partial charge < -0.3 is 5.73 Å². The van der Waals surface area contributed by atoms with Crippen molar-refractivity contribution < 1.29 is 9.18 Å². The molecular weight excluding hydrogens is 235 g/mol. The lowest BCUT2D eigenvalue weighted by Gasteiger charge is -2.01. The van der Waals surface area contributed by atoms with Crippen molar-refractivity contribution in [3.8, 4) is 0 Å². The molecule has 0 radical (unpaired) electrons. The topological polar surface area (TPSA) is 81.2 Å². The van der Waals surface area contributed by atoms with Gasteiger partial charge in [0.05, 0.1) is 6.20 Å². The quantitative estimate of drug-likeness (QED) is 0.656. The van der Waals surface area contributed by atoms with Gasteiger partial charge in [-0.15, -0.1) is 0 Å². The molecule has 0 spiro atoms. The van der Waals surface area contributed by atoms with E-state index >= 15 is 0 Å². The average molecular weight is 250 g/mol. The minimum atomic E-state index is -0.649. The van der Waals surface area contributed by atoms with Crippen LogP contribution >= 0.6 is 0 Å². The minimum Gasteiger partial charge on any atom is -0.368 e. The van der Waals surface area contributed by atoms with Crippen LogP contribution in [0, 0.1) is 5.82 Å². The molecule has 0 atom stereocenters. The molecule has 0 bridgehead atoms. The summed E-state index contributed by atoms with van der Waals surface area (Å²) in [4.78, 5) is 22.4. The summed E-state index contributed by atoms with van der Waals surface area (Å²) in [6.45, 7) is 4.99. The highest BCUT2D eigenvalue weighted by molar-refractivity contribution is 6.04. The number of nitrogen functional groups attached to an aromatic ring is 1. The standard InChI is InChI=1S/C12H15FN4O/c1-4-9(5-7(2)8(3)18)16-11-10(13)6-15-12(14)17-11/h5-6H,4H2,1-3H3,(H2,14,15,17)/b7-5+,16-9?. The third-order valence-corrected chi connectivity index (χ3v) is 2.29. The predicted octanol–water partition coefficient (Wildman–Crippen LogP) is 2.22. The molecule has 0 aliphatic heterocycles. The van der Waals surface area contributed by atoms with Crippen molar-refractivity contribution in [2.45, 2.75) is 27.2 Å². The molecule has 1 heterocycles. The minimum absolute atomic E-state index is 0.0436. The first kappa shape index (κ1) is 14.0. The molecule has 0 aromatic carbocycles. The van der Waals surface area contributed by atoms with E-state index in [2.05, 4.69) is 15.0 Å². The number of allylic oxidation sites excluding steroid dienone is 2. The lowest BCUT2D eigenvalue weighted by molar-refractivity contribution is -0.113. The first-order chi connectivity index (χ1) is 8.43. The van der Waals surface area contributed by atoms with Crippen molar-refractivity contribution in [3.63, 3.8) is 0 Å². The fourth-order valence-corrected chi connectivity index (χ4v) is 1.15. The molecule has 0 fully saturated rings. The average Bonchev–Trinajstić information content (AvgIpc) is 2.32. The predicted molar refractivity (Wildman–Crippen MR) is 68.2 cm³/mol. The second kappa shape index (κ2) is 6.00. The van der Waals surface area contributed by atoms with Crippen molar-refractivity contribution in [2.75, 3.05) is 5.73 Å². The molecule has 2 N–H and O–H groups in total. The van der Waals surface area contributed by atoms with E-state index in [4.69, 9.17) is 5.73 Å². The van der Waals surface area contributed by atoms with Gasteiger partial charge in [-0.2, -0.15) is 4.98 Å². The fraction of sp³-hybridized carbons (Fsp3) is 0.333. The first-order valence-corrected chi connectivity index (χ1v) is 5.48. The van der Waals surface area contributed by atoms with Gasteiger partial charge in [-0.05, 0) is 31.9 Å². The number of hydrogen-bond donors (Lipinski definition) is 1. The van der Waals surface area contributed by atoms with Gasteiger partial charge in [0.1, 0.15) is 0 Å². The second-order valence-electron chi connectivity index (χ2n) is 3.74. The molecule has 0 saturated heterocycles. The molecule has 1 rings (SSSR count). The third kappa shape index (κ3) is 3.73. The molecule has 6 heteroatoms. The summed E-state index contributed by atoms with van der Waals surface area (Å²) in [6, 6.07) is 0. The Morgan fingerprint density at radius 1 is 1.56 bits per heavy atom. The van der Waals surface area contributed by atoms with Gasteiger partial charge in [0, 0.05) is 5.71 Å². The Balaban J connectivity index is 3.15. The Hall–Kier alpha value is -2.11. The zero-order chi connectivity index (χ0) is 13.7. The van der Waals surface area contributed by atoms with Crippen molar-refractivity contribution >= 4 is 23.3 Å². The maximum absolute atomic E-state index is 13.4. The Morgan fingerprint density at radius 2 is 2.22 bits per heavy atom. The van der Waals surface area contributed by atoms with Crippen molar-refractivity contribution in [2.24, 2.45) is 4.99 Å². The molecule has 18 heavy (non-hydrogen) atoms. The van der Waals surface area contributed by atoms with Crippen LogP contribution < -0.4 is 5.73 Å². The van der Waals surface area contributed by atoms with Gasteiger partial charge in [0.2, 0.25) is 5.95 Å². The highest BCUT2D eigenvalue weighted by Gasteiger charge is 2.06. The molecule has 0 saturated carbocycles. The van der Waals surface area contributed by atoms with Crippen molar-refractivity contribution in [3.05, 3.63) is 23.7 Å². The summed E-state index contributed by atoms with van der Waals surface area (Å²) in [5.41, 5.74) is 6.48. The van der Waals surface area contributed by atoms with E-state index < -0.39 is 5.82 Å². The Kier molecular flexibility index (Phi) is 4.65. The summed E-state index contributed by atoms with van der Waals surface area (Å²) < 4.78 is 13.4. The van der Waals surface area contributed by atoms with Crippen molar-refractivity contribution in [1.82, 2.24) is 9.97 Å². The normalized spacial score (nSPS) is 12.7. The molecule has 1 aromatic heterocycles. The zero-order valence-electron chi connectivity index (χ0n) is 10.6. The van der Waals surface area contributed by atoms with Crippen LogP contribution in [0.2, 0.25) is 0 Å². The van der Waals surface area contributed by atoms with Crippen LogP contribution in [0.25, 0.3) is 0 Å². The number of rotatable bonds is 4. The van der Waals surface area contributed by atoms with E-state index in [0.717, 1.165) is 6.20 Å². The van der Waals surface area contributed by atoms with Crippen LogP contribution in [0.4, 0.5) is 16.2 Å². The number of nitrogens with two attached hydrogens (primary N) is 1. The van der Waals surface area contributed by atoms with Crippen LogP contribution in [0.5, 0.6) is 0 Å². The van der Waals surface area contributed by atoms with E-state index in [-0.39, 0.29) is 17.5 Å². The number of ketones is 1. The van der Waals surface area contributed by atoms with Gasteiger partial charge in [-0.3, -0.25) is 4.79 Å². The molecule has 0 aliphatic carbocycles. The number of aromatic nitrogens is 2. The van der Waals surface area contributed by atoms with Gasteiger partial charge in [-0.25, -0.2) is 14.4 Å². The van der Waals surface area contributed by atoms with Gasteiger partial charge >= 0.3 is 0 Å². The maximum Gasteiger partial charge on any atom is 0.222 e. The molecular formula is C12H15FN4O. The molecule has 0 unspecified atom stereocenters. The number of carbonyl (C=O) groups excluding carboxylic acids is 1. The number of halogens is 1. The first-order valence-electron chi connectivity index (χ1n) is 5.48. The lowest BCUT2D eigenvalue weighted by Crippen LogP contribution is -2.00. The van der Waals surface area contributed by atoms with E-state index in [0.29, 0.717) is 17.7 Å². The molecule has 0 aliphatic rings. The second-order valence-corrected chi connectivity index (χ2v) is 3.74. The van der Waals surface area contributed by atoms with Gasteiger partial charge in [0.15, 0.2) is 17.4 Å². The number of anilines is 1. The largest absolute Gasteiger partial charge is 0.368 e.